The Morgan fingerprint density at radius 2 is 1.83 bits per heavy atom. The van der Waals surface area contributed by atoms with Gasteiger partial charge in [0.25, 0.3) is 0 Å². The number of pyridine rings is 1. The number of ether oxygens (including phenoxy) is 1. The van der Waals surface area contributed by atoms with Gasteiger partial charge < -0.3 is 24.3 Å². The Labute approximate surface area is 246 Å². The molecule has 4 heterocycles. The first kappa shape index (κ1) is 28.0. The van der Waals surface area contributed by atoms with Crippen molar-refractivity contribution in [3.8, 4) is 22.6 Å². The lowest BCUT2D eigenvalue weighted by atomic mass is 9.83. The van der Waals surface area contributed by atoms with E-state index >= 15 is 0 Å². The maximum Gasteiger partial charge on any atom is 0.328 e. The number of rotatable bonds is 7. The summed E-state index contributed by atoms with van der Waals surface area (Å²) in [5.41, 5.74) is 9.04. The first-order valence-corrected chi connectivity index (χ1v) is 14.9. The van der Waals surface area contributed by atoms with Gasteiger partial charge in [-0.1, -0.05) is 31.4 Å². The first-order valence-electron chi connectivity index (χ1n) is 14.9. The fourth-order valence-corrected chi connectivity index (χ4v) is 6.56. The lowest BCUT2D eigenvalue weighted by molar-refractivity contribution is -0.136. The van der Waals surface area contributed by atoms with Crippen LogP contribution in [0, 0.1) is 13.8 Å². The van der Waals surface area contributed by atoms with Crippen molar-refractivity contribution in [1.29, 1.82) is 0 Å². The lowest BCUT2D eigenvalue weighted by Gasteiger charge is -2.28. The molecule has 0 bridgehead atoms. The fraction of sp³-hybridized carbons (Fsp3) is 0.382. The number of carbonyl (C=O) groups excluding carboxylic acids is 1. The molecule has 2 aliphatic rings. The van der Waals surface area contributed by atoms with Crippen LogP contribution >= 0.6 is 0 Å². The van der Waals surface area contributed by atoms with Crippen molar-refractivity contribution in [3.63, 3.8) is 0 Å². The van der Waals surface area contributed by atoms with E-state index in [9.17, 15) is 14.7 Å². The molecule has 0 radical (unpaired) electrons. The zero-order valence-corrected chi connectivity index (χ0v) is 24.4. The quantitative estimate of drug-likeness (QED) is 0.255. The average molecular weight is 567 g/mol. The van der Waals surface area contributed by atoms with Crippen LogP contribution in [0.3, 0.4) is 0 Å². The summed E-state index contributed by atoms with van der Waals surface area (Å²) < 4.78 is 7.49. The second-order valence-corrected chi connectivity index (χ2v) is 11.6. The van der Waals surface area contributed by atoms with E-state index in [0.29, 0.717) is 32.2 Å². The number of fused-ring (bicyclic) bond motifs is 1. The van der Waals surface area contributed by atoms with Crippen molar-refractivity contribution in [2.45, 2.75) is 58.4 Å². The van der Waals surface area contributed by atoms with Crippen molar-refractivity contribution in [2.24, 2.45) is 0 Å². The van der Waals surface area contributed by atoms with E-state index in [0.717, 1.165) is 69.4 Å². The Kier molecular flexibility index (Phi) is 7.98. The molecule has 0 unspecified atom stereocenters. The Morgan fingerprint density at radius 3 is 2.55 bits per heavy atom. The fourth-order valence-electron chi connectivity index (χ4n) is 6.56. The largest absolute Gasteiger partial charge is 0.478 e. The van der Waals surface area contributed by atoms with Crippen LogP contribution in [0.4, 0.5) is 0 Å². The van der Waals surface area contributed by atoms with E-state index in [4.69, 9.17) is 9.72 Å². The van der Waals surface area contributed by atoms with Gasteiger partial charge in [-0.3, -0.25) is 4.79 Å². The number of carboxylic acid groups (broad SMARTS) is 1. The summed E-state index contributed by atoms with van der Waals surface area (Å²) in [6, 6.07) is 14.7. The molecule has 6 rings (SSSR count). The molecular weight excluding hydrogens is 528 g/mol. The molecule has 0 atom stereocenters. The summed E-state index contributed by atoms with van der Waals surface area (Å²) >= 11 is 0. The normalized spacial score (nSPS) is 16.5. The predicted octanol–water partition coefficient (Wildman–Crippen LogP) is 6.32. The summed E-state index contributed by atoms with van der Waals surface area (Å²) in [5, 5.41) is 10.5. The highest BCUT2D eigenvalue weighted by molar-refractivity contribution is 5.89. The highest BCUT2D eigenvalue weighted by Gasteiger charge is 2.27. The minimum Gasteiger partial charge on any atom is -0.478 e. The number of benzene rings is 1. The third-order valence-corrected chi connectivity index (χ3v) is 8.63. The van der Waals surface area contributed by atoms with Crippen molar-refractivity contribution < 1.29 is 19.4 Å². The number of carbonyl (C=O) groups is 2. The van der Waals surface area contributed by atoms with Gasteiger partial charge in [0, 0.05) is 35.9 Å². The first-order chi connectivity index (χ1) is 20.4. The maximum absolute atomic E-state index is 13.5. The van der Waals surface area contributed by atoms with Crippen molar-refractivity contribution in [3.05, 3.63) is 71.1 Å². The minimum absolute atomic E-state index is 0.0130. The summed E-state index contributed by atoms with van der Waals surface area (Å²) in [6.07, 6.45) is 8.54. The van der Waals surface area contributed by atoms with Crippen molar-refractivity contribution >= 4 is 28.9 Å². The molecule has 3 aromatic heterocycles. The molecule has 1 aliphatic carbocycles. The van der Waals surface area contributed by atoms with Gasteiger partial charge in [0.15, 0.2) is 0 Å². The molecule has 2 fully saturated rings. The Bertz CT molecular complexity index is 1650. The number of amides is 1. The molecule has 1 amide bonds. The summed E-state index contributed by atoms with van der Waals surface area (Å²) in [4.78, 5) is 35.3. The number of H-pyrrole nitrogens is 1. The van der Waals surface area contributed by atoms with E-state index in [1.807, 2.05) is 16.4 Å². The van der Waals surface area contributed by atoms with Gasteiger partial charge in [0.1, 0.15) is 6.54 Å². The zero-order valence-electron chi connectivity index (χ0n) is 24.4. The Balaban J connectivity index is 1.46. The molecule has 1 aromatic carbocycles. The van der Waals surface area contributed by atoms with Gasteiger partial charge in [0.05, 0.1) is 35.8 Å². The van der Waals surface area contributed by atoms with E-state index in [2.05, 4.69) is 54.4 Å². The van der Waals surface area contributed by atoms with Gasteiger partial charge in [-0.25, -0.2) is 9.78 Å². The van der Waals surface area contributed by atoms with Crippen LogP contribution in [0.25, 0.3) is 39.6 Å². The Morgan fingerprint density at radius 1 is 1.05 bits per heavy atom. The molecule has 42 heavy (non-hydrogen) atoms. The summed E-state index contributed by atoms with van der Waals surface area (Å²) in [7, 11) is 0. The Hall–Kier alpha value is -4.17. The van der Waals surface area contributed by atoms with E-state index in [1.165, 1.54) is 24.8 Å². The van der Waals surface area contributed by atoms with Crippen molar-refractivity contribution in [2.75, 3.05) is 26.3 Å². The van der Waals surface area contributed by atoms with Crippen LogP contribution < -0.4 is 0 Å². The van der Waals surface area contributed by atoms with Gasteiger partial charge in [0.2, 0.25) is 5.91 Å². The molecule has 8 heteroatoms. The number of hydrogen-bond donors (Lipinski definition) is 2. The summed E-state index contributed by atoms with van der Waals surface area (Å²) in [5.74, 6) is -0.636. The van der Waals surface area contributed by atoms with Crippen LogP contribution in [0.2, 0.25) is 0 Å². The number of carboxylic acids is 1. The topological polar surface area (TPSA) is 100 Å². The predicted molar refractivity (Wildman–Crippen MR) is 164 cm³/mol. The molecule has 4 aromatic rings. The van der Waals surface area contributed by atoms with Crippen molar-refractivity contribution in [1.82, 2.24) is 19.4 Å². The smallest absolute Gasteiger partial charge is 0.328 e. The monoisotopic (exact) mass is 566 g/mol. The number of nitrogens with zero attached hydrogens (tertiary/aromatic N) is 3. The van der Waals surface area contributed by atoms with E-state index in [-0.39, 0.29) is 12.5 Å². The molecular formula is C34H38N4O4. The molecule has 1 aliphatic heterocycles. The second kappa shape index (κ2) is 12.0. The molecule has 1 saturated heterocycles. The van der Waals surface area contributed by atoms with E-state index < -0.39 is 5.97 Å². The van der Waals surface area contributed by atoms with Crippen LogP contribution in [0.1, 0.15) is 60.5 Å². The van der Waals surface area contributed by atoms with Crippen LogP contribution in [-0.4, -0.2) is 62.7 Å². The SMILES string of the molecule is Cc1cc(C)c(-c2ccc3cc(-c4c(C5CCCCC5)cc(/C=C/C(=O)O)n4CC(=O)N4CCOCC4)ccc3n2)[nH]1. The van der Waals surface area contributed by atoms with Crippen LogP contribution in [-0.2, 0) is 20.9 Å². The number of aromatic amines is 1. The number of aryl methyl sites for hydroxylation is 2. The lowest BCUT2D eigenvalue weighted by Crippen LogP contribution is -2.42. The van der Waals surface area contributed by atoms with Crippen LogP contribution in [0.15, 0.2) is 48.5 Å². The standard InChI is InChI=1S/C34H38N4O4/c1-22-18-23(2)35-33(22)30-12-8-25-19-26(9-11-29(25)36-30)34-28(24-6-4-3-5-7-24)20-27(10-13-32(40)41)38(34)21-31(39)37-14-16-42-17-15-37/h8-13,18-20,24,35H,3-7,14-17,21H2,1-2H3,(H,40,41)/b13-10+. The number of morpholine rings is 1. The molecule has 8 nitrogen and oxygen atoms in total. The number of aliphatic carboxylic acids is 1. The third kappa shape index (κ3) is 5.77. The molecule has 2 N–H and O–H groups in total. The average Bonchev–Trinajstić information content (AvgIpc) is 3.54. The molecule has 0 spiro atoms. The molecule has 1 saturated carbocycles. The highest BCUT2D eigenvalue weighted by Crippen LogP contribution is 2.41. The number of aromatic nitrogens is 3. The maximum atomic E-state index is 13.5. The van der Waals surface area contributed by atoms with Gasteiger partial charge in [-0.15, -0.1) is 0 Å². The highest BCUT2D eigenvalue weighted by atomic mass is 16.5. The second-order valence-electron chi connectivity index (χ2n) is 11.6. The minimum atomic E-state index is -1.01. The summed E-state index contributed by atoms with van der Waals surface area (Å²) in [6.45, 7) is 6.47. The molecule has 218 valence electrons. The zero-order chi connectivity index (χ0) is 29.2. The van der Waals surface area contributed by atoms with Crippen LogP contribution in [0.5, 0.6) is 0 Å². The third-order valence-electron chi connectivity index (χ3n) is 8.63. The van der Waals surface area contributed by atoms with Gasteiger partial charge >= 0.3 is 5.97 Å². The number of hydrogen-bond acceptors (Lipinski definition) is 4. The van der Waals surface area contributed by atoms with E-state index in [1.54, 1.807) is 6.08 Å². The van der Waals surface area contributed by atoms with Gasteiger partial charge in [-0.2, -0.15) is 0 Å². The number of nitrogens with one attached hydrogen (secondary N) is 1. The van der Waals surface area contributed by atoms with Gasteiger partial charge in [-0.05, 0) is 85.7 Å².